The first-order valence-corrected chi connectivity index (χ1v) is 6.30. The summed E-state index contributed by atoms with van der Waals surface area (Å²) in [5, 5.41) is 2.90. The first-order chi connectivity index (χ1) is 8.61. The smallest absolute Gasteiger partial charge is 0.222 e. The van der Waals surface area contributed by atoms with E-state index in [1.54, 1.807) is 7.11 Å². The van der Waals surface area contributed by atoms with Crippen molar-refractivity contribution in [1.29, 1.82) is 0 Å². The van der Waals surface area contributed by atoms with Crippen LogP contribution in [-0.2, 0) is 11.3 Å². The van der Waals surface area contributed by atoms with Crippen LogP contribution in [0.3, 0.4) is 0 Å². The molecule has 4 nitrogen and oxygen atoms in total. The minimum atomic E-state index is -0.246. The van der Waals surface area contributed by atoms with Gasteiger partial charge in [-0.15, -0.1) is 0 Å². The molecular formula is C14H20N2O2. The predicted molar refractivity (Wildman–Crippen MR) is 70.2 cm³/mol. The second-order valence-corrected chi connectivity index (χ2v) is 5.02. The Labute approximate surface area is 108 Å². The van der Waals surface area contributed by atoms with Gasteiger partial charge in [0, 0.05) is 18.5 Å². The van der Waals surface area contributed by atoms with Gasteiger partial charge in [-0.2, -0.15) is 0 Å². The van der Waals surface area contributed by atoms with Gasteiger partial charge in [-0.3, -0.25) is 4.79 Å². The van der Waals surface area contributed by atoms with Crippen molar-refractivity contribution in [3.05, 3.63) is 29.8 Å². The van der Waals surface area contributed by atoms with E-state index < -0.39 is 0 Å². The number of methoxy groups -OCH3 is 1. The molecule has 3 N–H and O–H groups in total. The van der Waals surface area contributed by atoms with Gasteiger partial charge in [-0.25, -0.2) is 0 Å². The topological polar surface area (TPSA) is 64.3 Å². The van der Waals surface area contributed by atoms with E-state index in [1.165, 1.54) is 0 Å². The lowest BCUT2D eigenvalue weighted by Crippen LogP contribution is -2.49. The Kier molecular flexibility index (Phi) is 3.87. The van der Waals surface area contributed by atoms with Crippen molar-refractivity contribution in [2.45, 2.75) is 37.8 Å². The Bertz CT molecular complexity index is 410. The fourth-order valence-corrected chi connectivity index (χ4v) is 2.13. The van der Waals surface area contributed by atoms with E-state index in [0.717, 1.165) is 30.6 Å². The van der Waals surface area contributed by atoms with E-state index >= 15 is 0 Å². The summed E-state index contributed by atoms with van der Waals surface area (Å²) in [6, 6.07) is 7.66. The quantitative estimate of drug-likeness (QED) is 0.831. The van der Waals surface area contributed by atoms with Gasteiger partial charge in [0.2, 0.25) is 5.91 Å². The molecule has 1 amide bonds. The van der Waals surface area contributed by atoms with E-state index in [1.807, 2.05) is 24.3 Å². The summed E-state index contributed by atoms with van der Waals surface area (Å²) in [4.78, 5) is 11.7. The summed E-state index contributed by atoms with van der Waals surface area (Å²) in [5.74, 6) is 0.855. The van der Waals surface area contributed by atoms with Crippen molar-refractivity contribution < 1.29 is 9.53 Å². The van der Waals surface area contributed by atoms with Gasteiger partial charge < -0.3 is 15.8 Å². The summed E-state index contributed by atoms with van der Waals surface area (Å²) in [5.41, 5.74) is 6.85. The van der Waals surface area contributed by atoms with Crippen molar-refractivity contribution in [3.63, 3.8) is 0 Å². The van der Waals surface area contributed by atoms with E-state index in [4.69, 9.17) is 10.5 Å². The maximum absolute atomic E-state index is 11.7. The van der Waals surface area contributed by atoms with E-state index in [0.29, 0.717) is 13.0 Å². The molecular weight excluding hydrogens is 228 g/mol. The minimum absolute atomic E-state index is 0.0352. The summed E-state index contributed by atoms with van der Waals surface area (Å²) >= 11 is 0. The average molecular weight is 248 g/mol. The predicted octanol–water partition coefficient (Wildman–Crippen LogP) is 1.58. The van der Waals surface area contributed by atoms with Gasteiger partial charge in [0.15, 0.2) is 0 Å². The third-order valence-electron chi connectivity index (χ3n) is 3.51. The van der Waals surface area contributed by atoms with Crippen LogP contribution in [0.4, 0.5) is 0 Å². The number of ether oxygens (including phenoxy) is 1. The minimum Gasteiger partial charge on any atom is -0.497 e. The van der Waals surface area contributed by atoms with Crippen LogP contribution < -0.4 is 15.8 Å². The van der Waals surface area contributed by atoms with Gasteiger partial charge in [0.1, 0.15) is 5.75 Å². The van der Waals surface area contributed by atoms with Crippen LogP contribution >= 0.6 is 0 Å². The van der Waals surface area contributed by atoms with Gasteiger partial charge in [0.05, 0.1) is 7.11 Å². The number of rotatable bonds is 5. The number of hydrogen-bond acceptors (Lipinski definition) is 3. The first kappa shape index (κ1) is 12.9. The number of carbonyl (C=O) groups is 1. The van der Waals surface area contributed by atoms with E-state index in [9.17, 15) is 4.79 Å². The maximum atomic E-state index is 11.7. The molecule has 0 bridgehead atoms. The first-order valence-electron chi connectivity index (χ1n) is 6.30. The number of hydrogen-bond donors (Lipinski definition) is 2. The second-order valence-electron chi connectivity index (χ2n) is 5.02. The highest BCUT2D eigenvalue weighted by Crippen LogP contribution is 2.31. The molecule has 1 aliphatic rings. The molecule has 0 unspecified atom stereocenters. The van der Waals surface area contributed by atoms with Crippen molar-refractivity contribution in [2.24, 2.45) is 5.73 Å². The zero-order valence-electron chi connectivity index (χ0n) is 10.7. The zero-order chi connectivity index (χ0) is 13.0. The third kappa shape index (κ3) is 3.23. The maximum Gasteiger partial charge on any atom is 0.222 e. The fourth-order valence-electron chi connectivity index (χ4n) is 2.13. The zero-order valence-corrected chi connectivity index (χ0v) is 10.7. The number of amides is 1. The van der Waals surface area contributed by atoms with E-state index in [-0.39, 0.29) is 11.4 Å². The highest BCUT2D eigenvalue weighted by Gasteiger charge is 2.34. The second kappa shape index (κ2) is 5.40. The van der Waals surface area contributed by atoms with Gasteiger partial charge >= 0.3 is 0 Å². The lowest BCUT2D eigenvalue weighted by molar-refractivity contribution is -0.123. The molecule has 0 atom stereocenters. The standard InChI is InChI=1S/C14H20N2O2/c1-18-12-5-3-11(4-6-12)10-16-13(17)9-14(15)7-2-8-14/h3-6H,2,7-10,15H2,1H3,(H,16,17). The Morgan fingerprint density at radius 2 is 2.06 bits per heavy atom. The molecule has 1 fully saturated rings. The molecule has 0 spiro atoms. The molecule has 1 aromatic rings. The fraction of sp³-hybridized carbons (Fsp3) is 0.500. The average Bonchev–Trinajstić information content (AvgIpc) is 2.35. The van der Waals surface area contributed by atoms with Crippen LogP contribution in [-0.4, -0.2) is 18.6 Å². The largest absolute Gasteiger partial charge is 0.497 e. The molecule has 0 radical (unpaired) electrons. The molecule has 1 aromatic carbocycles. The summed E-state index contributed by atoms with van der Waals surface area (Å²) in [7, 11) is 1.64. The molecule has 18 heavy (non-hydrogen) atoms. The molecule has 0 saturated heterocycles. The number of benzene rings is 1. The number of nitrogens with two attached hydrogens (primary N) is 1. The van der Waals surface area contributed by atoms with Crippen molar-refractivity contribution >= 4 is 5.91 Å². The lowest BCUT2D eigenvalue weighted by Gasteiger charge is -2.37. The molecule has 1 aliphatic carbocycles. The van der Waals surface area contributed by atoms with Crippen molar-refractivity contribution in [1.82, 2.24) is 5.32 Å². The van der Waals surface area contributed by atoms with E-state index in [2.05, 4.69) is 5.32 Å². The van der Waals surface area contributed by atoms with Gasteiger partial charge in [0.25, 0.3) is 0 Å². The lowest BCUT2D eigenvalue weighted by atomic mass is 9.75. The SMILES string of the molecule is COc1ccc(CNC(=O)CC2(N)CCC2)cc1. The normalized spacial score (nSPS) is 16.8. The number of carbonyl (C=O) groups excluding carboxylic acids is 1. The number of nitrogens with one attached hydrogen (secondary N) is 1. The third-order valence-corrected chi connectivity index (χ3v) is 3.51. The van der Waals surface area contributed by atoms with Crippen molar-refractivity contribution in [3.8, 4) is 5.75 Å². The monoisotopic (exact) mass is 248 g/mol. The Morgan fingerprint density at radius 3 is 2.56 bits per heavy atom. The summed E-state index contributed by atoms with van der Waals surface area (Å²) < 4.78 is 5.08. The molecule has 2 rings (SSSR count). The van der Waals surface area contributed by atoms with Crippen LogP contribution in [0.1, 0.15) is 31.2 Å². The molecule has 98 valence electrons. The Morgan fingerprint density at radius 1 is 1.39 bits per heavy atom. The molecule has 1 saturated carbocycles. The van der Waals surface area contributed by atoms with Crippen LogP contribution in [0, 0.1) is 0 Å². The van der Waals surface area contributed by atoms with Gasteiger partial charge in [-0.1, -0.05) is 12.1 Å². The van der Waals surface area contributed by atoms with Crippen LogP contribution in [0.5, 0.6) is 5.75 Å². The Hall–Kier alpha value is -1.55. The van der Waals surface area contributed by atoms with Crippen LogP contribution in [0.15, 0.2) is 24.3 Å². The Balaban J connectivity index is 1.78. The highest BCUT2D eigenvalue weighted by molar-refractivity contribution is 5.77. The van der Waals surface area contributed by atoms with Crippen LogP contribution in [0.2, 0.25) is 0 Å². The van der Waals surface area contributed by atoms with Gasteiger partial charge in [-0.05, 0) is 37.0 Å². The molecule has 0 aliphatic heterocycles. The summed E-state index contributed by atoms with van der Waals surface area (Å²) in [6.45, 7) is 0.541. The van der Waals surface area contributed by atoms with Crippen LogP contribution in [0.25, 0.3) is 0 Å². The highest BCUT2D eigenvalue weighted by atomic mass is 16.5. The molecule has 0 aromatic heterocycles. The molecule has 4 heteroatoms. The molecule has 0 heterocycles. The summed E-state index contributed by atoms with van der Waals surface area (Å²) in [6.07, 6.45) is 3.50. The van der Waals surface area contributed by atoms with Crippen molar-refractivity contribution in [2.75, 3.05) is 7.11 Å².